The minimum Gasteiger partial charge on any atom is -0.377 e. The molecule has 2 aliphatic heterocycles. The molecular formula is C19H34N4O. The van der Waals surface area contributed by atoms with Gasteiger partial charge >= 0.3 is 0 Å². The molecule has 4 unspecified atom stereocenters. The van der Waals surface area contributed by atoms with Crippen LogP contribution in [0.4, 0.5) is 0 Å². The summed E-state index contributed by atoms with van der Waals surface area (Å²) in [5.74, 6) is 1.84. The topological polar surface area (TPSA) is 40.1 Å². The summed E-state index contributed by atoms with van der Waals surface area (Å²) in [6, 6.07) is 1.27. The van der Waals surface area contributed by atoms with E-state index in [1.165, 1.54) is 32.1 Å². The summed E-state index contributed by atoms with van der Waals surface area (Å²) in [7, 11) is 1.95. The smallest absolute Gasteiger partial charge is 0.193 e. The molecule has 4 aliphatic rings. The standard InChI is InChI=1S/C19H34N4O/c1-4-22(5-2)14-7-11-23(13-14)18(20-3)21-16-15-8-12-24-17(15)19(16)9-6-10-19/h14-17H,4-13H2,1-3H3,(H,20,21). The second-order valence-corrected chi connectivity index (χ2v) is 8.11. The third kappa shape index (κ3) is 2.38. The molecule has 4 fully saturated rings. The second-order valence-electron chi connectivity index (χ2n) is 8.11. The highest BCUT2D eigenvalue weighted by Crippen LogP contribution is 2.62. The molecule has 1 N–H and O–H groups in total. The third-order valence-corrected chi connectivity index (χ3v) is 7.32. The maximum atomic E-state index is 6.06. The van der Waals surface area contributed by atoms with Crippen molar-refractivity contribution in [2.45, 2.75) is 64.1 Å². The summed E-state index contributed by atoms with van der Waals surface area (Å²) in [6.07, 6.45) is 7.06. The molecule has 2 heterocycles. The van der Waals surface area contributed by atoms with Crippen LogP contribution in [-0.4, -0.2) is 73.8 Å². The van der Waals surface area contributed by atoms with E-state index in [9.17, 15) is 0 Å². The molecular weight excluding hydrogens is 300 g/mol. The quantitative estimate of drug-likeness (QED) is 0.630. The molecule has 136 valence electrons. The highest BCUT2D eigenvalue weighted by atomic mass is 16.5. The number of likely N-dealkylation sites (N-methyl/N-ethyl adjacent to an activating group) is 1. The fraction of sp³-hybridized carbons (Fsp3) is 0.947. The maximum Gasteiger partial charge on any atom is 0.193 e. The molecule has 4 atom stereocenters. The van der Waals surface area contributed by atoms with Crippen LogP contribution < -0.4 is 5.32 Å². The Morgan fingerprint density at radius 1 is 1.29 bits per heavy atom. The maximum absolute atomic E-state index is 6.06. The third-order valence-electron chi connectivity index (χ3n) is 7.32. The van der Waals surface area contributed by atoms with Crippen LogP contribution in [0.15, 0.2) is 4.99 Å². The summed E-state index contributed by atoms with van der Waals surface area (Å²) in [5, 5.41) is 3.88. The first-order valence-electron chi connectivity index (χ1n) is 10.1. The molecule has 2 aliphatic carbocycles. The molecule has 2 saturated carbocycles. The van der Waals surface area contributed by atoms with E-state index in [2.05, 4.69) is 34.0 Å². The Kier molecular flexibility index (Phi) is 4.50. The van der Waals surface area contributed by atoms with Crippen molar-refractivity contribution in [3.05, 3.63) is 0 Å². The zero-order valence-corrected chi connectivity index (χ0v) is 15.6. The summed E-state index contributed by atoms with van der Waals surface area (Å²) in [6.45, 7) is 10.0. The molecule has 4 rings (SSSR count). The van der Waals surface area contributed by atoms with Crippen molar-refractivity contribution in [1.29, 1.82) is 0 Å². The van der Waals surface area contributed by atoms with E-state index in [1.54, 1.807) is 0 Å². The van der Waals surface area contributed by atoms with Crippen molar-refractivity contribution in [1.82, 2.24) is 15.1 Å². The Morgan fingerprint density at radius 2 is 2.08 bits per heavy atom. The molecule has 0 bridgehead atoms. The number of hydrogen-bond acceptors (Lipinski definition) is 3. The molecule has 0 aromatic carbocycles. The number of nitrogens with zero attached hydrogens (tertiary/aromatic N) is 3. The number of nitrogens with one attached hydrogen (secondary N) is 1. The summed E-state index contributed by atoms with van der Waals surface area (Å²) < 4.78 is 6.06. The molecule has 5 nitrogen and oxygen atoms in total. The Balaban J connectivity index is 1.40. The van der Waals surface area contributed by atoms with Gasteiger partial charge in [-0.25, -0.2) is 0 Å². The van der Waals surface area contributed by atoms with Gasteiger partial charge < -0.3 is 15.0 Å². The van der Waals surface area contributed by atoms with Crippen molar-refractivity contribution >= 4 is 5.96 Å². The van der Waals surface area contributed by atoms with Crippen molar-refractivity contribution in [3.8, 4) is 0 Å². The number of rotatable bonds is 4. The molecule has 0 aromatic rings. The van der Waals surface area contributed by atoms with Gasteiger partial charge in [-0.2, -0.15) is 0 Å². The first-order chi connectivity index (χ1) is 11.7. The Morgan fingerprint density at radius 3 is 2.71 bits per heavy atom. The lowest BCUT2D eigenvalue weighted by atomic mass is 9.46. The van der Waals surface area contributed by atoms with E-state index in [-0.39, 0.29) is 0 Å². The lowest BCUT2D eigenvalue weighted by Gasteiger charge is -2.63. The van der Waals surface area contributed by atoms with E-state index in [0.717, 1.165) is 38.7 Å². The molecule has 0 amide bonds. The molecule has 5 heteroatoms. The predicted molar refractivity (Wildman–Crippen MR) is 97.3 cm³/mol. The van der Waals surface area contributed by atoms with Crippen molar-refractivity contribution in [2.24, 2.45) is 16.3 Å². The first-order valence-corrected chi connectivity index (χ1v) is 10.1. The van der Waals surface area contributed by atoms with Gasteiger partial charge in [0.15, 0.2) is 5.96 Å². The van der Waals surface area contributed by atoms with Crippen LogP contribution in [-0.2, 0) is 4.74 Å². The highest BCUT2D eigenvalue weighted by molar-refractivity contribution is 5.81. The number of hydrogen-bond donors (Lipinski definition) is 1. The molecule has 24 heavy (non-hydrogen) atoms. The van der Waals surface area contributed by atoms with Crippen LogP contribution in [0.25, 0.3) is 0 Å². The van der Waals surface area contributed by atoms with Gasteiger partial charge in [-0.3, -0.25) is 9.89 Å². The first kappa shape index (κ1) is 16.6. The van der Waals surface area contributed by atoms with Crippen LogP contribution in [0, 0.1) is 11.3 Å². The lowest BCUT2D eigenvalue weighted by Crippen LogP contribution is -2.72. The van der Waals surface area contributed by atoms with Crippen LogP contribution in [0.3, 0.4) is 0 Å². The highest BCUT2D eigenvalue weighted by Gasteiger charge is 2.66. The van der Waals surface area contributed by atoms with E-state index in [1.807, 2.05) is 7.05 Å². The van der Waals surface area contributed by atoms with Gasteiger partial charge in [-0.15, -0.1) is 0 Å². The van der Waals surface area contributed by atoms with E-state index in [0.29, 0.717) is 29.5 Å². The Hall–Kier alpha value is -0.810. The number of fused-ring (bicyclic) bond motifs is 2. The SMILES string of the molecule is CCN(CC)C1CCN(C(=NC)NC2C3CCOC3C23CCC3)C1. The normalized spacial score (nSPS) is 37.5. The zero-order valence-electron chi connectivity index (χ0n) is 15.6. The lowest BCUT2D eigenvalue weighted by molar-refractivity contribution is -0.171. The Bertz CT molecular complexity index is 486. The fourth-order valence-electron chi connectivity index (χ4n) is 5.86. The zero-order chi connectivity index (χ0) is 16.7. The molecule has 1 spiro atoms. The number of likely N-dealkylation sites (tertiary alicyclic amines) is 1. The van der Waals surface area contributed by atoms with Crippen LogP contribution in [0.2, 0.25) is 0 Å². The Labute approximate surface area is 146 Å². The van der Waals surface area contributed by atoms with Crippen LogP contribution in [0.1, 0.15) is 46.0 Å². The summed E-state index contributed by atoms with van der Waals surface area (Å²) in [5.41, 5.74) is 0.426. The molecule has 2 saturated heterocycles. The average Bonchev–Trinajstić information content (AvgIpc) is 3.17. The minimum absolute atomic E-state index is 0.426. The van der Waals surface area contributed by atoms with Gasteiger partial charge in [-0.05, 0) is 38.8 Å². The summed E-state index contributed by atoms with van der Waals surface area (Å²) in [4.78, 5) is 9.72. The van der Waals surface area contributed by atoms with Crippen molar-refractivity contribution in [3.63, 3.8) is 0 Å². The largest absolute Gasteiger partial charge is 0.377 e. The van der Waals surface area contributed by atoms with Gasteiger partial charge in [0.2, 0.25) is 0 Å². The van der Waals surface area contributed by atoms with Gasteiger partial charge in [0.1, 0.15) is 0 Å². The van der Waals surface area contributed by atoms with Crippen LogP contribution in [0.5, 0.6) is 0 Å². The van der Waals surface area contributed by atoms with Gasteiger partial charge in [0.25, 0.3) is 0 Å². The number of aliphatic imine (C=N–C) groups is 1. The van der Waals surface area contributed by atoms with Gasteiger partial charge in [-0.1, -0.05) is 20.3 Å². The number of ether oxygens (including phenoxy) is 1. The molecule has 0 radical (unpaired) electrons. The monoisotopic (exact) mass is 334 g/mol. The van der Waals surface area contributed by atoms with Crippen molar-refractivity contribution < 1.29 is 4.74 Å². The fourth-order valence-corrected chi connectivity index (χ4v) is 5.86. The minimum atomic E-state index is 0.426. The second kappa shape index (κ2) is 6.49. The number of guanidine groups is 1. The average molecular weight is 335 g/mol. The van der Waals surface area contributed by atoms with E-state index < -0.39 is 0 Å². The van der Waals surface area contributed by atoms with Gasteiger partial charge in [0, 0.05) is 50.2 Å². The van der Waals surface area contributed by atoms with E-state index >= 15 is 0 Å². The predicted octanol–water partition coefficient (Wildman–Crippen LogP) is 1.94. The van der Waals surface area contributed by atoms with Gasteiger partial charge in [0.05, 0.1) is 6.10 Å². The summed E-state index contributed by atoms with van der Waals surface area (Å²) >= 11 is 0. The van der Waals surface area contributed by atoms with Crippen LogP contribution >= 0.6 is 0 Å². The van der Waals surface area contributed by atoms with E-state index in [4.69, 9.17) is 4.74 Å². The molecule has 0 aromatic heterocycles. The van der Waals surface area contributed by atoms with Crippen molar-refractivity contribution in [2.75, 3.05) is 39.8 Å².